The predicted molar refractivity (Wildman–Crippen MR) is 260 cm³/mol. The van der Waals surface area contributed by atoms with Gasteiger partial charge in [0, 0.05) is 25.8 Å². The van der Waals surface area contributed by atoms with E-state index in [2.05, 4.69) is 103 Å². The molecule has 4 amide bonds. The van der Waals surface area contributed by atoms with Crippen LogP contribution in [-0.2, 0) is 19.7 Å². The molecular weight excluding hydrogens is 847 g/mol. The zero-order chi connectivity index (χ0) is 48.2. The Bertz CT molecular complexity index is 2660. The van der Waals surface area contributed by atoms with Gasteiger partial charge in [-0.1, -0.05) is 72.7 Å². The van der Waals surface area contributed by atoms with E-state index in [1.54, 1.807) is 0 Å². The first-order valence-corrected chi connectivity index (χ1v) is 24.1. The monoisotopic (exact) mass is 916 g/mol. The number of carboxylic acid groups (broad SMARTS) is 1. The highest BCUT2D eigenvalue weighted by molar-refractivity contribution is 5.88. The number of benzene rings is 3. The Morgan fingerprint density at radius 2 is 1.22 bits per heavy atom. The van der Waals surface area contributed by atoms with Crippen LogP contribution in [-0.4, -0.2) is 103 Å². The van der Waals surface area contributed by atoms with Crippen LogP contribution >= 0.6 is 0 Å². The van der Waals surface area contributed by atoms with Gasteiger partial charge in [-0.3, -0.25) is 14.5 Å². The molecule has 0 spiro atoms. The summed E-state index contributed by atoms with van der Waals surface area (Å²) < 4.78 is 4.85. The molecule has 3 fully saturated rings. The third-order valence-corrected chi connectivity index (χ3v) is 14.8. The van der Waals surface area contributed by atoms with Crippen molar-refractivity contribution in [2.75, 3.05) is 32.1 Å². The second kappa shape index (κ2) is 18.5. The average molecular weight is 916 g/mol. The lowest BCUT2D eigenvalue weighted by Crippen LogP contribution is -2.51. The normalized spacial score (nSPS) is 20.9. The van der Waals surface area contributed by atoms with Gasteiger partial charge in [0.05, 0.1) is 53.3 Å². The molecule has 3 saturated heterocycles. The third kappa shape index (κ3) is 8.81. The molecule has 0 radical (unpaired) electrons. The van der Waals surface area contributed by atoms with Gasteiger partial charge in [0.25, 0.3) is 0 Å². The number of carbonyl (C=O) groups is 4. The molecular formula is C52H69N9O6. The summed E-state index contributed by atoms with van der Waals surface area (Å²) in [7, 11) is 2.77. The predicted octanol–water partition coefficient (Wildman–Crippen LogP) is 9.78. The van der Waals surface area contributed by atoms with Crippen LogP contribution in [0.4, 0.5) is 15.3 Å². The number of anilines is 1. The van der Waals surface area contributed by atoms with E-state index in [0.29, 0.717) is 13.1 Å². The summed E-state index contributed by atoms with van der Waals surface area (Å²) in [5.74, 6) is 0.831. The van der Waals surface area contributed by atoms with Crippen molar-refractivity contribution < 1.29 is 29.0 Å². The van der Waals surface area contributed by atoms with E-state index in [1.165, 1.54) is 30.8 Å². The van der Waals surface area contributed by atoms with E-state index >= 15 is 0 Å². The van der Waals surface area contributed by atoms with Crippen molar-refractivity contribution in [1.82, 2.24) is 40.0 Å². The van der Waals surface area contributed by atoms with Gasteiger partial charge in [0.15, 0.2) is 0 Å². The van der Waals surface area contributed by atoms with Gasteiger partial charge < -0.3 is 39.8 Å². The van der Waals surface area contributed by atoms with Crippen molar-refractivity contribution in [3.8, 4) is 0 Å². The fourth-order valence-electron chi connectivity index (χ4n) is 11.1. The molecule has 3 aliphatic heterocycles. The minimum atomic E-state index is -1.12. The number of aromatic nitrogens is 4. The van der Waals surface area contributed by atoms with Gasteiger partial charge in [-0.15, -0.1) is 0 Å². The topological polar surface area (TPSA) is 180 Å². The van der Waals surface area contributed by atoms with E-state index in [-0.39, 0.29) is 53.2 Å². The van der Waals surface area contributed by atoms with Gasteiger partial charge in [-0.2, -0.15) is 0 Å². The quantitative estimate of drug-likeness (QED) is 0.100. The van der Waals surface area contributed by atoms with Crippen LogP contribution in [0.25, 0.3) is 22.1 Å². The Morgan fingerprint density at radius 3 is 1.66 bits per heavy atom. The third-order valence-electron chi connectivity index (χ3n) is 14.8. The molecule has 0 unspecified atom stereocenters. The maximum atomic E-state index is 14.0. The van der Waals surface area contributed by atoms with Crippen LogP contribution in [0.15, 0.2) is 48.5 Å². The van der Waals surface area contributed by atoms with E-state index in [9.17, 15) is 24.3 Å². The highest BCUT2D eigenvalue weighted by Crippen LogP contribution is 2.50. The van der Waals surface area contributed by atoms with Crippen molar-refractivity contribution in [3.63, 3.8) is 0 Å². The first-order valence-electron chi connectivity index (χ1n) is 24.1. The Labute approximate surface area is 394 Å². The summed E-state index contributed by atoms with van der Waals surface area (Å²) >= 11 is 0. The minimum Gasteiger partial charge on any atom is -0.465 e. The van der Waals surface area contributed by atoms with Crippen molar-refractivity contribution in [2.24, 2.45) is 11.8 Å². The number of fused-ring (bicyclic) bond motifs is 2. The summed E-state index contributed by atoms with van der Waals surface area (Å²) in [5, 5.41) is 12.6. The van der Waals surface area contributed by atoms with Crippen molar-refractivity contribution >= 4 is 51.8 Å². The molecule has 3 aromatic carbocycles. The first kappa shape index (κ1) is 47.4. The fourth-order valence-corrected chi connectivity index (χ4v) is 11.1. The number of ether oxygens (including phenoxy) is 1. The summed E-state index contributed by atoms with van der Waals surface area (Å²) in [5.41, 5.74) is 10.6. The molecule has 4 N–H and O–H groups in total. The molecule has 8 rings (SSSR count). The number of hydrogen-bond acceptors (Lipinski definition) is 8. The molecule has 15 nitrogen and oxygen atoms in total. The molecule has 0 bridgehead atoms. The zero-order valence-corrected chi connectivity index (χ0v) is 41.1. The lowest BCUT2D eigenvalue weighted by molar-refractivity contribution is -0.138. The molecule has 358 valence electrons. The molecule has 67 heavy (non-hydrogen) atoms. The van der Waals surface area contributed by atoms with E-state index < -0.39 is 24.3 Å². The highest BCUT2D eigenvalue weighted by atomic mass is 16.5. The number of H-pyrrole nitrogens is 2. The molecule has 5 aromatic rings. The van der Waals surface area contributed by atoms with Crippen LogP contribution in [0, 0.1) is 25.7 Å². The molecule has 15 heteroatoms. The van der Waals surface area contributed by atoms with Crippen molar-refractivity contribution in [1.29, 1.82) is 0 Å². The number of rotatable bonds is 11. The van der Waals surface area contributed by atoms with Gasteiger partial charge in [0.2, 0.25) is 11.8 Å². The van der Waals surface area contributed by atoms with Crippen LogP contribution < -0.4 is 10.2 Å². The number of imidazole rings is 2. The summed E-state index contributed by atoms with van der Waals surface area (Å²) in [6, 6.07) is 15.8. The number of carbonyl (C=O) groups excluding carboxylic acids is 3. The summed E-state index contributed by atoms with van der Waals surface area (Å²) in [6.07, 6.45) is 3.23. The number of likely N-dealkylation sites (N-methyl/N-ethyl adjacent to an activating group) is 1. The number of nitrogens with one attached hydrogen (secondary N) is 3. The summed E-state index contributed by atoms with van der Waals surface area (Å²) in [4.78, 5) is 77.2. The zero-order valence-electron chi connectivity index (χ0n) is 41.1. The molecule has 6 atom stereocenters. The number of amides is 4. The van der Waals surface area contributed by atoms with Crippen LogP contribution in [0.1, 0.15) is 151 Å². The molecule has 0 aliphatic carbocycles. The maximum Gasteiger partial charge on any atom is 0.407 e. The molecule has 3 aliphatic rings. The molecule has 5 heterocycles. The van der Waals surface area contributed by atoms with Crippen LogP contribution in [0.2, 0.25) is 0 Å². The fraction of sp³-hybridized carbons (Fsp3) is 0.538. The smallest absolute Gasteiger partial charge is 0.407 e. The van der Waals surface area contributed by atoms with Crippen LogP contribution in [0.5, 0.6) is 0 Å². The van der Waals surface area contributed by atoms with E-state index in [0.717, 1.165) is 94.0 Å². The second-order valence-corrected chi connectivity index (χ2v) is 20.7. The Balaban J connectivity index is 1.13. The van der Waals surface area contributed by atoms with Crippen molar-refractivity contribution in [3.05, 3.63) is 88.0 Å². The number of nitrogens with zero attached hydrogens (tertiary/aromatic N) is 6. The highest BCUT2D eigenvalue weighted by Gasteiger charge is 2.42. The number of alkyl carbamates (subject to hydrolysis) is 1. The largest absolute Gasteiger partial charge is 0.465 e. The minimum absolute atomic E-state index is 0.00459. The van der Waals surface area contributed by atoms with E-state index in [1.807, 2.05) is 37.5 Å². The maximum absolute atomic E-state index is 14.0. The standard InChI is InChI=1S/C52H69N9O6/c1-28(2)42(57-50(64)67-11)48(62)59-26-12-14-40(59)46-53-36-22-20-34(30(5)43(36)55-46)38-24-25-39(61(38)33-18-16-32(17-19-33)52(7,8)9)35-21-23-37-44(31(35)6)56-47(54-37)41-15-13-27-60(41)49(63)45(29(3)4)58(10)51(65)66/h16-23,28-29,38-42,45H,12-15,24-27H2,1-11H3,(H,53,55)(H,54,56)(H,57,64)(H,65,66)/t38-,39+,40-,41-,42-,45-/m0/s1. The number of aromatic amines is 2. The lowest BCUT2D eigenvalue weighted by atomic mass is 9.87. The number of aryl methyl sites for hydroxylation is 2. The molecule has 0 saturated carbocycles. The Morgan fingerprint density at radius 1 is 0.731 bits per heavy atom. The number of hydrogen-bond donors (Lipinski definition) is 4. The van der Waals surface area contributed by atoms with Crippen molar-refractivity contribution in [2.45, 2.75) is 143 Å². The second-order valence-electron chi connectivity index (χ2n) is 20.7. The summed E-state index contributed by atoms with van der Waals surface area (Å²) in [6.45, 7) is 19.7. The average Bonchev–Trinajstić information content (AvgIpc) is 4.14. The lowest BCUT2D eigenvalue weighted by Gasteiger charge is -2.35. The first-order chi connectivity index (χ1) is 31.8. The van der Waals surface area contributed by atoms with Crippen LogP contribution in [0.3, 0.4) is 0 Å². The van der Waals surface area contributed by atoms with Gasteiger partial charge in [-0.05, 0) is 122 Å². The number of likely N-dealkylation sites (tertiary alicyclic amines) is 2. The van der Waals surface area contributed by atoms with Gasteiger partial charge in [0.1, 0.15) is 23.7 Å². The Hall–Kier alpha value is -6.12. The SMILES string of the molecule is COC(=O)N[C@H](C(=O)N1CCC[C@H]1c1nc2c(C)c([C@@H]3CC[C@H](c4ccc5[nH]c([C@@H]6CCCN6C(=O)[C@H](C(C)C)N(C)C(=O)O)nc5c4C)N3c3ccc(C(C)(C)C)cc3)ccc2[nH]1)C(C)C. The van der Waals surface area contributed by atoms with Gasteiger partial charge in [-0.25, -0.2) is 19.6 Å². The molecule has 2 aromatic heterocycles. The Kier molecular flexibility index (Phi) is 13.1. The van der Waals surface area contributed by atoms with E-state index in [4.69, 9.17) is 14.7 Å². The van der Waals surface area contributed by atoms with Gasteiger partial charge >= 0.3 is 12.2 Å². The number of methoxy groups -OCH3 is 1.